The molecule has 2 aromatic rings. The molecule has 4 nitrogen and oxygen atoms in total. The number of nitrogens with zero attached hydrogens (tertiary/aromatic N) is 2. The van der Waals surface area contributed by atoms with E-state index in [0.717, 1.165) is 16.5 Å². The first kappa shape index (κ1) is 16.2. The molecule has 1 heterocycles. The third-order valence-electron chi connectivity index (χ3n) is 3.25. The molecule has 0 aliphatic carbocycles. The summed E-state index contributed by atoms with van der Waals surface area (Å²) in [6.45, 7) is 7.09. The minimum atomic E-state index is 0.121. The summed E-state index contributed by atoms with van der Waals surface area (Å²) in [4.78, 5) is 4.51. The zero-order chi connectivity index (χ0) is 15.5. The molecule has 0 spiro atoms. The van der Waals surface area contributed by atoms with Crippen LogP contribution < -0.4 is 5.73 Å². The maximum absolute atomic E-state index is 5.86. The summed E-state index contributed by atoms with van der Waals surface area (Å²) >= 11 is 3.43. The fraction of sp³-hybridized carbons (Fsp3) is 0.500. The van der Waals surface area contributed by atoms with Gasteiger partial charge in [0, 0.05) is 17.4 Å². The fourth-order valence-corrected chi connectivity index (χ4v) is 2.56. The number of benzene rings is 1. The van der Waals surface area contributed by atoms with Gasteiger partial charge in [-0.05, 0) is 29.5 Å². The van der Waals surface area contributed by atoms with Crippen LogP contribution in [0.1, 0.15) is 50.4 Å². The molecule has 5 heteroatoms. The van der Waals surface area contributed by atoms with Crippen molar-refractivity contribution in [3.63, 3.8) is 0 Å². The van der Waals surface area contributed by atoms with E-state index in [9.17, 15) is 0 Å². The van der Waals surface area contributed by atoms with Gasteiger partial charge in [0.25, 0.3) is 0 Å². The van der Waals surface area contributed by atoms with E-state index >= 15 is 0 Å². The summed E-state index contributed by atoms with van der Waals surface area (Å²) in [6, 6.07) is 8.13. The monoisotopic (exact) mass is 351 g/mol. The van der Waals surface area contributed by atoms with Crippen LogP contribution >= 0.6 is 15.9 Å². The number of nitrogens with two attached hydrogens (primary N) is 1. The second kappa shape index (κ2) is 6.71. The summed E-state index contributed by atoms with van der Waals surface area (Å²) in [5.74, 6) is 1.48. The lowest BCUT2D eigenvalue weighted by atomic mass is 9.84. The van der Waals surface area contributed by atoms with E-state index in [4.69, 9.17) is 10.3 Å². The molecule has 0 saturated heterocycles. The highest BCUT2D eigenvalue weighted by atomic mass is 79.9. The molecular weight excluding hydrogens is 330 g/mol. The third kappa shape index (κ3) is 4.93. The van der Waals surface area contributed by atoms with Crippen LogP contribution in [0.5, 0.6) is 0 Å². The Morgan fingerprint density at radius 1 is 1.24 bits per heavy atom. The van der Waals surface area contributed by atoms with Crippen LogP contribution in [-0.4, -0.2) is 16.7 Å². The van der Waals surface area contributed by atoms with E-state index in [1.54, 1.807) is 0 Å². The van der Waals surface area contributed by atoms with E-state index in [1.807, 2.05) is 12.1 Å². The van der Waals surface area contributed by atoms with Gasteiger partial charge in [-0.1, -0.05) is 54.0 Å². The molecule has 0 aliphatic rings. The van der Waals surface area contributed by atoms with Gasteiger partial charge in [-0.25, -0.2) is 0 Å². The first-order valence-corrected chi connectivity index (χ1v) is 7.93. The molecule has 0 bridgehead atoms. The topological polar surface area (TPSA) is 64.9 Å². The molecule has 1 unspecified atom stereocenters. The van der Waals surface area contributed by atoms with Gasteiger partial charge >= 0.3 is 0 Å². The Morgan fingerprint density at radius 3 is 2.48 bits per heavy atom. The molecular formula is C16H22BrN3O. The van der Waals surface area contributed by atoms with Crippen LogP contribution in [-0.2, 0) is 6.42 Å². The van der Waals surface area contributed by atoms with Crippen LogP contribution in [0.4, 0.5) is 0 Å². The number of rotatable bonds is 5. The van der Waals surface area contributed by atoms with E-state index < -0.39 is 0 Å². The molecule has 2 N–H and O–H groups in total. The molecule has 1 aromatic heterocycles. The predicted molar refractivity (Wildman–Crippen MR) is 87.1 cm³/mol. The van der Waals surface area contributed by atoms with Crippen molar-refractivity contribution in [2.24, 2.45) is 11.1 Å². The summed E-state index contributed by atoms with van der Waals surface area (Å²) in [5, 5.41) is 4.08. The van der Waals surface area contributed by atoms with Crippen molar-refractivity contribution >= 4 is 15.9 Å². The van der Waals surface area contributed by atoms with E-state index in [2.05, 4.69) is 59.0 Å². The van der Waals surface area contributed by atoms with Crippen LogP contribution in [0.3, 0.4) is 0 Å². The first-order chi connectivity index (χ1) is 9.87. The standard InChI is InChI=1S/C16H22BrN3O/c1-16(2,3)9-12(10-18)15-19-14(20-21-15)8-11-4-6-13(17)7-5-11/h4-7,12H,8-10,18H2,1-3H3. The van der Waals surface area contributed by atoms with Crippen LogP contribution in [0.25, 0.3) is 0 Å². The minimum absolute atomic E-state index is 0.121. The Morgan fingerprint density at radius 2 is 1.90 bits per heavy atom. The molecule has 0 aliphatic heterocycles. The number of halogens is 1. The van der Waals surface area contributed by atoms with Gasteiger partial charge in [-0.2, -0.15) is 4.98 Å². The SMILES string of the molecule is CC(C)(C)CC(CN)c1nc(Cc2ccc(Br)cc2)no1. The Labute approximate surface area is 134 Å². The summed E-state index contributed by atoms with van der Waals surface area (Å²) in [5.41, 5.74) is 7.20. The van der Waals surface area contributed by atoms with Crippen molar-refractivity contribution in [1.29, 1.82) is 0 Å². The van der Waals surface area contributed by atoms with Crippen molar-refractivity contribution in [3.8, 4) is 0 Å². The third-order valence-corrected chi connectivity index (χ3v) is 3.78. The van der Waals surface area contributed by atoms with Gasteiger partial charge in [0.15, 0.2) is 5.82 Å². The Kier molecular flexibility index (Phi) is 5.17. The average Bonchev–Trinajstić information content (AvgIpc) is 2.86. The second-order valence-corrected chi connectivity index (χ2v) is 7.47. The molecule has 0 amide bonds. The van der Waals surface area contributed by atoms with E-state index in [0.29, 0.717) is 24.7 Å². The van der Waals surface area contributed by atoms with Crippen molar-refractivity contribution < 1.29 is 4.52 Å². The number of hydrogen-bond acceptors (Lipinski definition) is 4. The van der Waals surface area contributed by atoms with E-state index in [-0.39, 0.29) is 11.3 Å². The van der Waals surface area contributed by atoms with Crippen LogP contribution in [0, 0.1) is 5.41 Å². The average molecular weight is 352 g/mol. The molecule has 21 heavy (non-hydrogen) atoms. The van der Waals surface area contributed by atoms with Crippen molar-refractivity contribution in [3.05, 3.63) is 46.0 Å². The van der Waals surface area contributed by atoms with Crippen molar-refractivity contribution in [2.75, 3.05) is 6.54 Å². The second-order valence-electron chi connectivity index (χ2n) is 6.55. The zero-order valence-corrected chi connectivity index (χ0v) is 14.4. The molecule has 0 fully saturated rings. The quantitative estimate of drug-likeness (QED) is 0.886. The lowest BCUT2D eigenvalue weighted by Crippen LogP contribution is -2.19. The highest BCUT2D eigenvalue weighted by Crippen LogP contribution is 2.29. The molecule has 114 valence electrons. The van der Waals surface area contributed by atoms with E-state index in [1.165, 1.54) is 0 Å². The van der Waals surface area contributed by atoms with Gasteiger partial charge in [-0.3, -0.25) is 0 Å². The van der Waals surface area contributed by atoms with Gasteiger partial charge in [0.2, 0.25) is 5.89 Å². The highest BCUT2D eigenvalue weighted by molar-refractivity contribution is 9.10. The largest absolute Gasteiger partial charge is 0.339 e. The van der Waals surface area contributed by atoms with Gasteiger partial charge in [0.1, 0.15) is 0 Å². The Balaban J connectivity index is 2.08. The Bertz CT molecular complexity index is 572. The van der Waals surface area contributed by atoms with Crippen LogP contribution in [0.15, 0.2) is 33.3 Å². The highest BCUT2D eigenvalue weighted by Gasteiger charge is 2.24. The lowest BCUT2D eigenvalue weighted by molar-refractivity contribution is 0.286. The summed E-state index contributed by atoms with van der Waals surface area (Å²) < 4.78 is 6.47. The van der Waals surface area contributed by atoms with Gasteiger partial charge < -0.3 is 10.3 Å². The molecule has 0 saturated carbocycles. The fourth-order valence-electron chi connectivity index (χ4n) is 2.30. The summed E-state index contributed by atoms with van der Waals surface area (Å²) in [6.07, 6.45) is 1.60. The molecule has 1 aromatic carbocycles. The molecule has 2 rings (SSSR count). The first-order valence-electron chi connectivity index (χ1n) is 7.14. The maximum atomic E-state index is 5.86. The number of hydrogen-bond donors (Lipinski definition) is 1. The Hall–Kier alpha value is -1.20. The number of aromatic nitrogens is 2. The minimum Gasteiger partial charge on any atom is -0.339 e. The summed E-state index contributed by atoms with van der Waals surface area (Å²) in [7, 11) is 0. The van der Waals surface area contributed by atoms with Gasteiger partial charge in [-0.15, -0.1) is 0 Å². The zero-order valence-electron chi connectivity index (χ0n) is 12.8. The normalized spacial score (nSPS) is 13.4. The lowest BCUT2D eigenvalue weighted by Gasteiger charge is -2.22. The molecule has 1 atom stereocenters. The van der Waals surface area contributed by atoms with Crippen molar-refractivity contribution in [1.82, 2.24) is 10.1 Å². The van der Waals surface area contributed by atoms with Gasteiger partial charge in [0.05, 0.1) is 5.92 Å². The predicted octanol–water partition coefficient (Wildman–Crippen LogP) is 3.90. The molecule has 0 radical (unpaired) electrons. The van der Waals surface area contributed by atoms with Crippen LogP contribution in [0.2, 0.25) is 0 Å². The smallest absolute Gasteiger partial charge is 0.231 e. The van der Waals surface area contributed by atoms with Crippen molar-refractivity contribution in [2.45, 2.75) is 39.5 Å². The maximum Gasteiger partial charge on any atom is 0.231 e.